The highest BCUT2D eigenvalue weighted by Gasteiger charge is 2.18. The molecule has 0 aliphatic rings. The maximum absolute atomic E-state index is 14.3. The predicted octanol–water partition coefficient (Wildman–Crippen LogP) is 4.19. The maximum atomic E-state index is 14.3. The van der Waals surface area contributed by atoms with E-state index in [1.807, 2.05) is 12.1 Å². The summed E-state index contributed by atoms with van der Waals surface area (Å²) in [4.78, 5) is 12.4. The first-order valence-electron chi connectivity index (χ1n) is 9.99. The topological polar surface area (TPSA) is 105 Å². The molecule has 2 N–H and O–H groups in total. The fourth-order valence-corrected chi connectivity index (χ4v) is 3.61. The van der Waals surface area contributed by atoms with Crippen LogP contribution in [0.25, 0.3) is 33.2 Å². The van der Waals surface area contributed by atoms with Crippen molar-refractivity contribution in [2.75, 3.05) is 39.3 Å². The van der Waals surface area contributed by atoms with Gasteiger partial charge in [-0.2, -0.15) is 5.26 Å². The van der Waals surface area contributed by atoms with Crippen LogP contribution in [-0.4, -0.2) is 48.9 Å². The highest BCUT2D eigenvalue weighted by atomic mass is 19.1. The lowest BCUT2D eigenvalue weighted by molar-refractivity contribution is 0.144. The number of nitrogens with one attached hydrogen (secondary N) is 2. The Bertz CT molecular complexity index is 1330. The normalized spacial score (nSPS) is 11.0. The van der Waals surface area contributed by atoms with E-state index in [1.165, 1.54) is 12.1 Å². The number of halogens is 1. The average Bonchev–Trinajstić information content (AvgIpc) is 3.15. The second kappa shape index (κ2) is 9.08. The van der Waals surface area contributed by atoms with Gasteiger partial charge in [0.05, 0.1) is 28.9 Å². The molecule has 4 rings (SSSR count). The van der Waals surface area contributed by atoms with Gasteiger partial charge >= 0.3 is 0 Å². The molecule has 2 aromatic heterocycles. The molecular formula is C23H22FN5O3. The first-order valence-corrected chi connectivity index (χ1v) is 9.99. The summed E-state index contributed by atoms with van der Waals surface area (Å²) in [5.41, 5.74) is 3.32. The largest absolute Gasteiger partial charge is 0.487 e. The van der Waals surface area contributed by atoms with Gasteiger partial charge in [0.1, 0.15) is 30.0 Å². The average molecular weight is 435 g/mol. The van der Waals surface area contributed by atoms with E-state index < -0.39 is 0 Å². The summed E-state index contributed by atoms with van der Waals surface area (Å²) < 4.78 is 30.7. The van der Waals surface area contributed by atoms with E-state index >= 15 is 0 Å². The Kier molecular flexibility index (Phi) is 6.05. The maximum Gasteiger partial charge on any atom is 0.174 e. The molecule has 9 heteroatoms. The van der Waals surface area contributed by atoms with E-state index in [4.69, 9.17) is 19.5 Å². The molecule has 0 bridgehead atoms. The van der Waals surface area contributed by atoms with E-state index in [2.05, 4.69) is 20.3 Å². The molecule has 0 amide bonds. The van der Waals surface area contributed by atoms with E-state index in [1.54, 1.807) is 33.2 Å². The van der Waals surface area contributed by atoms with Crippen LogP contribution >= 0.6 is 0 Å². The van der Waals surface area contributed by atoms with Crippen molar-refractivity contribution in [3.8, 4) is 28.8 Å². The summed E-state index contributed by atoms with van der Waals surface area (Å²) in [6.45, 7) is 2.42. The molecule has 0 aliphatic heterocycles. The van der Waals surface area contributed by atoms with Crippen LogP contribution in [0.15, 0.2) is 30.3 Å². The third-order valence-corrected chi connectivity index (χ3v) is 4.96. The zero-order valence-corrected chi connectivity index (χ0v) is 18.0. The molecule has 0 radical (unpaired) electrons. The molecule has 8 nitrogen and oxygen atoms in total. The number of nitrogens with zero attached hydrogens (tertiary/aromatic N) is 3. The van der Waals surface area contributed by atoms with Crippen molar-refractivity contribution in [1.82, 2.24) is 15.0 Å². The van der Waals surface area contributed by atoms with E-state index in [-0.39, 0.29) is 12.4 Å². The molecule has 0 aliphatic carbocycles. The second-order valence-corrected chi connectivity index (χ2v) is 7.04. The first-order chi connectivity index (χ1) is 15.5. The van der Waals surface area contributed by atoms with Crippen molar-refractivity contribution >= 4 is 27.6 Å². The SMILES string of the molecule is CNc1cc(F)cc2c1[nH]c1nc(C)nc(-c3ccc(OCCOC)c(OCC#N)c3)c12. The lowest BCUT2D eigenvalue weighted by Gasteiger charge is -2.13. The van der Waals surface area contributed by atoms with Crippen molar-refractivity contribution in [1.29, 1.82) is 5.26 Å². The number of H-pyrrole nitrogens is 1. The van der Waals surface area contributed by atoms with E-state index in [0.29, 0.717) is 58.3 Å². The molecule has 2 heterocycles. The number of hydrogen-bond acceptors (Lipinski definition) is 7. The summed E-state index contributed by atoms with van der Waals surface area (Å²) in [6, 6.07) is 10.2. The molecule has 32 heavy (non-hydrogen) atoms. The van der Waals surface area contributed by atoms with Gasteiger partial charge in [0, 0.05) is 25.1 Å². The Morgan fingerprint density at radius 1 is 1.12 bits per heavy atom. The standard InChI is InChI=1S/C23H22FN5O3/c1-13-27-21(14-4-5-18(32-9-8-30-3)19(10-14)31-7-6-25)20-16-11-15(24)12-17(26-2)22(16)29-23(20)28-13/h4-5,10-12,26H,7-9H2,1-3H3,(H,27,28,29). The zero-order valence-electron chi connectivity index (χ0n) is 18.0. The number of ether oxygens (including phenoxy) is 3. The molecule has 0 spiro atoms. The minimum atomic E-state index is -0.366. The Labute approximate surface area is 184 Å². The molecule has 0 unspecified atom stereocenters. The number of aromatic nitrogens is 3. The highest BCUT2D eigenvalue weighted by Crippen LogP contribution is 2.39. The Morgan fingerprint density at radius 3 is 2.72 bits per heavy atom. The molecule has 2 aromatic carbocycles. The van der Waals surface area contributed by atoms with Gasteiger partial charge in [0.25, 0.3) is 0 Å². The minimum Gasteiger partial charge on any atom is -0.487 e. The third-order valence-electron chi connectivity index (χ3n) is 4.96. The van der Waals surface area contributed by atoms with Gasteiger partial charge < -0.3 is 24.5 Å². The smallest absolute Gasteiger partial charge is 0.174 e. The molecule has 0 atom stereocenters. The molecule has 0 saturated carbocycles. The fourth-order valence-electron chi connectivity index (χ4n) is 3.61. The summed E-state index contributed by atoms with van der Waals surface area (Å²) >= 11 is 0. The summed E-state index contributed by atoms with van der Waals surface area (Å²) in [6.07, 6.45) is 0. The Morgan fingerprint density at radius 2 is 1.97 bits per heavy atom. The summed E-state index contributed by atoms with van der Waals surface area (Å²) in [5, 5.41) is 13.3. The van der Waals surface area contributed by atoms with Gasteiger partial charge in [-0.15, -0.1) is 0 Å². The fraction of sp³-hybridized carbons (Fsp3) is 0.261. The van der Waals surface area contributed by atoms with Crippen LogP contribution in [0.2, 0.25) is 0 Å². The van der Waals surface area contributed by atoms with Crippen LogP contribution in [0.5, 0.6) is 11.5 Å². The van der Waals surface area contributed by atoms with E-state index in [0.717, 1.165) is 11.1 Å². The van der Waals surface area contributed by atoms with Crippen LogP contribution in [-0.2, 0) is 4.74 Å². The lowest BCUT2D eigenvalue weighted by atomic mass is 10.0. The number of methoxy groups -OCH3 is 1. The Balaban J connectivity index is 1.91. The van der Waals surface area contributed by atoms with Gasteiger partial charge in [-0.25, -0.2) is 14.4 Å². The first kappa shape index (κ1) is 21.3. The number of hydrogen-bond donors (Lipinski definition) is 2. The molecule has 164 valence electrons. The number of fused-ring (bicyclic) bond motifs is 3. The lowest BCUT2D eigenvalue weighted by Crippen LogP contribution is -2.06. The number of rotatable bonds is 8. The molecular weight excluding hydrogens is 413 g/mol. The van der Waals surface area contributed by atoms with Crippen LogP contribution in [0.1, 0.15) is 5.82 Å². The zero-order chi connectivity index (χ0) is 22.7. The minimum absolute atomic E-state index is 0.133. The summed E-state index contributed by atoms with van der Waals surface area (Å²) in [5.74, 6) is 1.09. The molecule has 0 fully saturated rings. The quantitative estimate of drug-likeness (QED) is 0.400. The van der Waals surface area contributed by atoms with Crippen LogP contribution in [0, 0.1) is 24.1 Å². The number of benzene rings is 2. The van der Waals surface area contributed by atoms with Crippen molar-refractivity contribution in [3.05, 3.63) is 42.0 Å². The molecule has 4 aromatic rings. The molecule has 0 saturated heterocycles. The van der Waals surface area contributed by atoms with Gasteiger partial charge in [-0.3, -0.25) is 0 Å². The number of anilines is 1. The highest BCUT2D eigenvalue weighted by molar-refractivity contribution is 6.15. The van der Waals surface area contributed by atoms with Gasteiger partial charge in [0.2, 0.25) is 0 Å². The van der Waals surface area contributed by atoms with Crippen LogP contribution in [0.4, 0.5) is 10.1 Å². The van der Waals surface area contributed by atoms with Crippen molar-refractivity contribution in [3.63, 3.8) is 0 Å². The van der Waals surface area contributed by atoms with Crippen molar-refractivity contribution in [2.24, 2.45) is 0 Å². The number of nitriles is 1. The number of aromatic amines is 1. The van der Waals surface area contributed by atoms with Crippen molar-refractivity contribution < 1.29 is 18.6 Å². The van der Waals surface area contributed by atoms with Crippen LogP contribution in [0.3, 0.4) is 0 Å². The van der Waals surface area contributed by atoms with Gasteiger partial charge in [0.15, 0.2) is 18.1 Å². The monoisotopic (exact) mass is 435 g/mol. The Hall–Kier alpha value is -3.90. The summed E-state index contributed by atoms with van der Waals surface area (Å²) in [7, 11) is 3.32. The van der Waals surface area contributed by atoms with Gasteiger partial charge in [-0.1, -0.05) is 0 Å². The van der Waals surface area contributed by atoms with Gasteiger partial charge in [-0.05, 0) is 37.3 Å². The van der Waals surface area contributed by atoms with Crippen LogP contribution < -0.4 is 14.8 Å². The predicted molar refractivity (Wildman–Crippen MR) is 120 cm³/mol. The van der Waals surface area contributed by atoms with Crippen molar-refractivity contribution in [2.45, 2.75) is 6.92 Å². The third kappa shape index (κ3) is 4.00. The van der Waals surface area contributed by atoms with E-state index in [9.17, 15) is 4.39 Å². The second-order valence-electron chi connectivity index (χ2n) is 7.04. The number of aryl methyl sites for hydroxylation is 1.